The molecular formula is C19H19ClN2O3. The van der Waals surface area contributed by atoms with Gasteiger partial charge >= 0.3 is 0 Å². The third-order valence-electron chi connectivity index (χ3n) is 4.58. The number of hydrogen-bond donors (Lipinski definition) is 0. The first-order chi connectivity index (χ1) is 12.1. The van der Waals surface area contributed by atoms with Crippen molar-refractivity contribution in [2.24, 2.45) is 0 Å². The van der Waals surface area contributed by atoms with E-state index in [2.05, 4.69) is 0 Å². The van der Waals surface area contributed by atoms with Crippen molar-refractivity contribution in [2.45, 2.75) is 38.1 Å². The summed E-state index contributed by atoms with van der Waals surface area (Å²) in [6, 6.07) is 13.8. The molecule has 0 atom stereocenters. The number of nitro groups is 1. The van der Waals surface area contributed by atoms with Crippen LogP contribution in [0.15, 0.2) is 48.5 Å². The van der Waals surface area contributed by atoms with Gasteiger partial charge in [0, 0.05) is 23.4 Å². The van der Waals surface area contributed by atoms with Crippen LogP contribution in [0.5, 0.6) is 0 Å². The predicted molar refractivity (Wildman–Crippen MR) is 98.2 cm³/mol. The van der Waals surface area contributed by atoms with Gasteiger partial charge in [-0.05, 0) is 37.1 Å². The number of carbonyl (C=O) groups is 1. The molecule has 130 valence electrons. The monoisotopic (exact) mass is 358 g/mol. The summed E-state index contributed by atoms with van der Waals surface area (Å²) in [6.07, 6.45) is 5.23. The minimum atomic E-state index is -0.563. The van der Waals surface area contributed by atoms with Gasteiger partial charge < -0.3 is 4.90 Å². The van der Waals surface area contributed by atoms with Gasteiger partial charge in [0.15, 0.2) is 0 Å². The molecule has 25 heavy (non-hydrogen) atoms. The first-order valence-electron chi connectivity index (χ1n) is 8.40. The van der Waals surface area contributed by atoms with Crippen molar-refractivity contribution >= 4 is 28.9 Å². The quantitative estimate of drug-likeness (QED) is 0.555. The highest BCUT2D eigenvalue weighted by molar-refractivity contribution is 6.32. The molecular weight excluding hydrogens is 340 g/mol. The fourth-order valence-corrected chi connectivity index (χ4v) is 3.53. The Labute approximate surface area is 151 Å². The van der Waals surface area contributed by atoms with Gasteiger partial charge in [0.05, 0.1) is 4.92 Å². The van der Waals surface area contributed by atoms with Crippen LogP contribution in [0, 0.1) is 10.1 Å². The lowest BCUT2D eigenvalue weighted by atomic mass is 9.93. The SMILES string of the molecule is O=C(c1ccc(Cl)c([N+](=O)[O-])c1)N(c1ccccc1)C1CCCCC1. The Morgan fingerprint density at radius 2 is 1.76 bits per heavy atom. The Balaban J connectivity index is 1.99. The Hall–Kier alpha value is -2.40. The first-order valence-corrected chi connectivity index (χ1v) is 8.78. The van der Waals surface area contributed by atoms with Gasteiger partial charge in [0.25, 0.3) is 11.6 Å². The van der Waals surface area contributed by atoms with Gasteiger partial charge in [0.2, 0.25) is 0 Å². The first kappa shape index (κ1) is 17.4. The number of halogens is 1. The van der Waals surface area contributed by atoms with Crippen LogP contribution in [0.4, 0.5) is 11.4 Å². The van der Waals surface area contributed by atoms with Crippen LogP contribution < -0.4 is 4.90 Å². The normalized spacial score (nSPS) is 14.9. The van der Waals surface area contributed by atoms with Crippen LogP contribution in [0.2, 0.25) is 5.02 Å². The van der Waals surface area contributed by atoms with Crippen molar-refractivity contribution in [1.29, 1.82) is 0 Å². The molecule has 0 heterocycles. The molecule has 0 spiro atoms. The van der Waals surface area contributed by atoms with E-state index in [1.54, 1.807) is 11.0 Å². The molecule has 0 radical (unpaired) electrons. The topological polar surface area (TPSA) is 63.4 Å². The smallest absolute Gasteiger partial charge is 0.288 e. The van der Waals surface area contributed by atoms with Crippen molar-refractivity contribution in [2.75, 3.05) is 4.90 Å². The highest BCUT2D eigenvalue weighted by Gasteiger charge is 2.29. The summed E-state index contributed by atoms with van der Waals surface area (Å²) in [5.74, 6) is -0.224. The summed E-state index contributed by atoms with van der Waals surface area (Å²) in [6.45, 7) is 0. The fourth-order valence-electron chi connectivity index (χ4n) is 3.35. The van der Waals surface area contributed by atoms with E-state index in [0.717, 1.165) is 31.4 Å². The van der Waals surface area contributed by atoms with Crippen LogP contribution in [0.3, 0.4) is 0 Å². The molecule has 5 nitrogen and oxygen atoms in total. The molecule has 2 aromatic carbocycles. The van der Waals surface area contributed by atoms with E-state index in [-0.39, 0.29) is 28.2 Å². The zero-order chi connectivity index (χ0) is 17.8. The molecule has 6 heteroatoms. The van der Waals surface area contributed by atoms with Crippen LogP contribution in [-0.2, 0) is 0 Å². The second-order valence-electron chi connectivity index (χ2n) is 6.23. The summed E-state index contributed by atoms with van der Waals surface area (Å²) in [5, 5.41) is 11.2. The summed E-state index contributed by atoms with van der Waals surface area (Å²) >= 11 is 5.87. The maximum atomic E-state index is 13.2. The van der Waals surface area contributed by atoms with E-state index >= 15 is 0 Å². The van der Waals surface area contributed by atoms with E-state index in [1.165, 1.54) is 18.6 Å². The van der Waals surface area contributed by atoms with Gasteiger partial charge in [-0.3, -0.25) is 14.9 Å². The Morgan fingerprint density at radius 1 is 1.08 bits per heavy atom. The largest absolute Gasteiger partial charge is 0.305 e. The molecule has 1 aliphatic rings. The summed E-state index contributed by atoms with van der Waals surface area (Å²) in [5.41, 5.74) is 0.853. The number of nitrogens with zero attached hydrogens (tertiary/aromatic N) is 2. The Bertz CT molecular complexity index is 773. The number of hydrogen-bond acceptors (Lipinski definition) is 3. The van der Waals surface area contributed by atoms with Crippen molar-refractivity contribution in [3.8, 4) is 0 Å². The highest BCUT2D eigenvalue weighted by atomic mass is 35.5. The van der Waals surface area contributed by atoms with E-state index in [4.69, 9.17) is 11.6 Å². The summed E-state index contributed by atoms with van der Waals surface area (Å²) in [4.78, 5) is 25.5. The molecule has 0 aliphatic heterocycles. The number of amides is 1. The van der Waals surface area contributed by atoms with E-state index in [9.17, 15) is 14.9 Å². The number of benzene rings is 2. The number of rotatable bonds is 4. The van der Waals surface area contributed by atoms with Gasteiger partial charge in [-0.1, -0.05) is 49.1 Å². The van der Waals surface area contributed by atoms with Crippen LogP contribution >= 0.6 is 11.6 Å². The van der Waals surface area contributed by atoms with Crippen molar-refractivity contribution in [3.63, 3.8) is 0 Å². The Morgan fingerprint density at radius 3 is 2.40 bits per heavy atom. The second kappa shape index (κ2) is 7.66. The van der Waals surface area contributed by atoms with Crippen molar-refractivity contribution < 1.29 is 9.72 Å². The van der Waals surface area contributed by atoms with Crippen LogP contribution in [0.1, 0.15) is 42.5 Å². The van der Waals surface area contributed by atoms with E-state index in [1.807, 2.05) is 30.3 Å². The van der Waals surface area contributed by atoms with Crippen LogP contribution in [-0.4, -0.2) is 16.9 Å². The second-order valence-corrected chi connectivity index (χ2v) is 6.63. The summed E-state index contributed by atoms with van der Waals surface area (Å²) < 4.78 is 0. The van der Waals surface area contributed by atoms with Gasteiger partial charge in [-0.15, -0.1) is 0 Å². The van der Waals surface area contributed by atoms with Gasteiger partial charge in [0.1, 0.15) is 5.02 Å². The number of anilines is 1. The standard InChI is InChI=1S/C19H19ClN2O3/c20-17-12-11-14(13-18(17)22(24)25)19(23)21(15-7-3-1-4-8-15)16-9-5-2-6-10-16/h1,3-4,7-8,11-13,16H,2,5-6,9-10H2. The lowest BCUT2D eigenvalue weighted by Crippen LogP contribution is -2.41. The zero-order valence-electron chi connectivity index (χ0n) is 13.7. The third-order valence-corrected chi connectivity index (χ3v) is 4.90. The number of nitro benzene ring substituents is 1. The predicted octanol–water partition coefficient (Wildman–Crippen LogP) is 5.23. The minimum absolute atomic E-state index is 0.0328. The Kier molecular flexibility index (Phi) is 5.34. The maximum Gasteiger partial charge on any atom is 0.288 e. The number of para-hydroxylation sites is 1. The molecule has 0 unspecified atom stereocenters. The third kappa shape index (κ3) is 3.82. The van der Waals surface area contributed by atoms with Crippen molar-refractivity contribution in [1.82, 2.24) is 0 Å². The lowest BCUT2D eigenvalue weighted by Gasteiger charge is -2.34. The van der Waals surface area contributed by atoms with Crippen LogP contribution in [0.25, 0.3) is 0 Å². The molecule has 0 N–H and O–H groups in total. The maximum absolute atomic E-state index is 13.2. The van der Waals surface area contributed by atoms with E-state index < -0.39 is 4.92 Å². The summed E-state index contributed by atoms with van der Waals surface area (Å²) in [7, 11) is 0. The molecule has 0 aromatic heterocycles. The molecule has 1 fully saturated rings. The molecule has 1 amide bonds. The average Bonchev–Trinajstić information content (AvgIpc) is 2.64. The highest BCUT2D eigenvalue weighted by Crippen LogP contribution is 2.31. The lowest BCUT2D eigenvalue weighted by molar-refractivity contribution is -0.384. The molecule has 0 saturated heterocycles. The van der Waals surface area contributed by atoms with Crippen molar-refractivity contribution in [3.05, 3.63) is 69.2 Å². The fraction of sp³-hybridized carbons (Fsp3) is 0.316. The molecule has 1 aliphatic carbocycles. The van der Waals surface area contributed by atoms with Gasteiger partial charge in [-0.2, -0.15) is 0 Å². The molecule has 3 rings (SSSR count). The van der Waals surface area contributed by atoms with Gasteiger partial charge in [-0.25, -0.2) is 0 Å². The minimum Gasteiger partial charge on any atom is -0.305 e. The molecule has 2 aromatic rings. The zero-order valence-corrected chi connectivity index (χ0v) is 14.5. The molecule has 0 bridgehead atoms. The van der Waals surface area contributed by atoms with E-state index in [0.29, 0.717) is 0 Å². The average molecular weight is 359 g/mol. The number of carbonyl (C=O) groups excluding carboxylic acids is 1. The molecule has 1 saturated carbocycles.